The van der Waals surface area contributed by atoms with Gasteiger partial charge in [-0.2, -0.15) is 0 Å². The van der Waals surface area contributed by atoms with Crippen LogP contribution in [0.5, 0.6) is 0 Å². The van der Waals surface area contributed by atoms with Crippen molar-refractivity contribution in [3.05, 3.63) is 63.9 Å². The summed E-state index contributed by atoms with van der Waals surface area (Å²) in [6.45, 7) is 1.97. The molecule has 0 N–H and O–H groups in total. The van der Waals surface area contributed by atoms with E-state index in [0.29, 0.717) is 6.42 Å². The van der Waals surface area contributed by atoms with Crippen molar-refractivity contribution in [3.63, 3.8) is 0 Å². The number of nitrogens with zero attached hydrogens (tertiary/aromatic N) is 1. The van der Waals surface area contributed by atoms with Gasteiger partial charge in [-0.3, -0.25) is 9.78 Å². The van der Waals surface area contributed by atoms with Gasteiger partial charge in [-0.15, -0.1) is 0 Å². The number of rotatable bonds is 1. The van der Waals surface area contributed by atoms with E-state index >= 15 is 0 Å². The Hall–Kier alpha value is -1.67. The zero-order valence-electron chi connectivity index (χ0n) is 10.7. The monoisotopic (exact) mass is 271 g/mol. The van der Waals surface area contributed by atoms with Crippen LogP contribution in [0.2, 0.25) is 5.02 Å². The van der Waals surface area contributed by atoms with E-state index in [1.165, 1.54) is 0 Å². The average molecular weight is 272 g/mol. The lowest BCUT2D eigenvalue weighted by molar-refractivity contribution is 0.0962. The van der Waals surface area contributed by atoms with Gasteiger partial charge in [0.15, 0.2) is 5.78 Å². The molecule has 2 aromatic rings. The molecule has 1 aromatic heterocycles. The summed E-state index contributed by atoms with van der Waals surface area (Å²) < 4.78 is 0. The number of halogens is 1. The van der Waals surface area contributed by atoms with Gasteiger partial charge in [0.1, 0.15) is 0 Å². The van der Waals surface area contributed by atoms with Crippen molar-refractivity contribution in [1.29, 1.82) is 0 Å². The number of hydrogen-bond donors (Lipinski definition) is 0. The van der Waals surface area contributed by atoms with Crippen LogP contribution in [0.4, 0.5) is 0 Å². The molecular formula is C16H14ClNO. The van der Waals surface area contributed by atoms with Crippen LogP contribution < -0.4 is 0 Å². The van der Waals surface area contributed by atoms with Crippen LogP contribution in [0.25, 0.3) is 0 Å². The Morgan fingerprint density at radius 1 is 1.21 bits per heavy atom. The number of benzene rings is 1. The maximum Gasteiger partial charge on any atom is 0.165 e. The van der Waals surface area contributed by atoms with Crippen molar-refractivity contribution in [2.45, 2.75) is 25.7 Å². The Kier molecular flexibility index (Phi) is 3.11. The van der Waals surface area contributed by atoms with Gasteiger partial charge in [0.05, 0.1) is 5.69 Å². The van der Waals surface area contributed by atoms with Crippen molar-refractivity contribution in [2.75, 3.05) is 0 Å². The number of Topliss-reactive ketones (excluding diaryl/α,β-unsaturated/α-hetero) is 1. The highest BCUT2D eigenvalue weighted by Crippen LogP contribution is 2.35. The Balaban J connectivity index is 2.03. The van der Waals surface area contributed by atoms with Crippen molar-refractivity contribution < 1.29 is 4.79 Å². The minimum Gasteiger partial charge on any atom is -0.294 e. The van der Waals surface area contributed by atoms with Crippen molar-refractivity contribution in [1.82, 2.24) is 4.98 Å². The summed E-state index contributed by atoms with van der Waals surface area (Å²) in [6, 6.07) is 9.64. The molecule has 0 aliphatic heterocycles. The van der Waals surface area contributed by atoms with Gasteiger partial charge in [0.2, 0.25) is 0 Å². The molecule has 0 fully saturated rings. The van der Waals surface area contributed by atoms with E-state index in [9.17, 15) is 4.79 Å². The maximum absolute atomic E-state index is 12.3. The molecule has 1 aliphatic rings. The topological polar surface area (TPSA) is 30.0 Å². The van der Waals surface area contributed by atoms with Crippen LogP contribution in [-0.4, -0.2) is 10.8 Å². The molecule has 96 valence electrons. The molecule has 1 aliphatic carbocycles. The molecule has 2 nitrogen and oxygen atoms in total. The molecular weight excluding hydrogens is 258 g/mol. The highest BCUT2D eigenvalue weighted by molar-refractivity contribution is 6.31. The molecule has 0 spiro atoms. The highest BCUT2D eigenvalue weighted by atomic mass is 35.5. The largest absolute Gasteiger partial charge is 0.294 e. The molecule has 0 radical (unpaired) electrons. The van der Waals surface area contributed by atoms with Crippen molar-refractivity contribution in [3.8, 4) is 0 Å². The van der Waals surface area contributed by atoms with E-state index in [1.54, 1.807) is 6.20 Å². The summed E-state index contributed by atoms with van der Waals surface area (Å²) in [5.41, 5.74) is 3.78. The molecule has 1 unspecified atom stereocenters. The Labute approximate surface area is 117 Å². The summed E-state index contributed by atoms with van der Waals surface area (Å²) in [7, 11) is 0. The number of carbonyl (C=O) groups excluding carboxylic acids is 1. The fourth-order valence-electron chi connectivity index (χ4n) is 2.81. The first-order chi connectivity index (χ1) is 9.16. The maximum atomic E-state index is 12.3. The molecule has 3 rings (SSSR count). The molecule has 1 heterocycles. The van der Waals surface area contributed by atoms with Crippen molar-refractivity contribution in [2.24, 2.45) is 0 Å². The molecule has 0 amide bonds. The molecule has 1 aromatic carbocycles. The second-order valence-electron chi connectivity index (χ2n) is 5.00. The second kappa shape index (κ2) is 4.78. The molecule has 0 saturated heterocycles. The van der Waals surface area contributed by atoms with Crippen LogP contribution in [0.15, 0.2) is 36.5 Å². The Morgan fingerprint density at radius 2 is 2.00 bits per heavy atom. The van der Waals surface area contributed by atoms with Gasteiger partial charge in [-0.25, -0.2) is 0 Å². The summed E-state index contributed by atoms with van der Waals surface area (Å²) in [4.78, 5) is 16.7. The Bertz CT molecular complexity index is 651. The first-order valence-electron chi connectivity index (χ1n) is 6.39. The number of carbonyl (C=O) groups is 1. The third kappa shape index (κ3) is 2.17. The van der Waals surface area contributed by atoms with Gasteiger partial charge >= 0.3 is 0 Å². The number of hydrogen-bond acceptors (Lipinski definition) is 2. The van der Waals surface area contributed by atoms with Gasteiger partial charge < -0.3 is 0 Å². The quantitative estimate of drug-likeness (QED) is 0.786. The van der Waals surface area contributed by atoms with E-state index in [-0.39, 0.29) is 11.7 Å². The zero-order valence-corrected chi connectivity index (χ0v) is 11.4. The Morgan fingerprint density at radius 3 is 2.79 bits per heavy atom. The smallest absolute Gasteiger partial charge is 0.165 e. The molecule has 0 saturated carbocycles. The standard InChI is InChI=1S/C16H14ClNO/c1-10-6-7-18-14-8-11(9-15(19)16(10)14)12-4-2-3-5-13(12)17/h2-7,11H,8-9H2,1H3. The SMILES string of the molecule is Cc1ccnc2c1C(=O)CC(c1ccccc1Cl)C2. The first-order valence-corrected chi connectivity index (χ1v) is 6.76. The van der Waals surface area contributed by atoms with E-state index in [0.717, 1.165) is 33.8 Å². The lowest BCUT2D eigenvalue weighted by Gasteiger charge is -2.24. The summed E-state index contributed by atoms with van der Waals surface area (Å²) >= 11 is 6.23. The fourth-order valence-corrected chi connectivity index (χ4v) is 3.10. The zero-order chi connectivity index (χ0) is 13.4. The van der Waals surface area contributed by atoms with Crippen LogP contribution in [0.1, 0.15) is 39.5 Å². The first kappa shape index (κ1) is 12.4. The van der Waals surface area contributed by atoms with Gasteiger partial charge in [-0.05, 0) is 42.5 Å². The molecule has 3 heteroatoms. The van der Waals surface area contributed by atoms with Gasteiger partial charge in [-0.1, -0.05) is 29.8 Å². The number of ketones is 1. The van der Waals surface area contributed by atoms with Crippen LogP contribution >= 0.6 is 11.6 Å². The van der Waals surface area contributed by atoms with Crippen LogP contribution in [0, 0.1) is 6.92 Å². The highest BCUT2D eigenvalue weighted by Gasteiger charge is 2.29. The van der Waals surface area contributed by atoms with E-state index < -0.39 is 0 Å². The van der Waals surface area contributed by atoms with Crippen LogP contribution in [0.3, 0.4) is 0 Å². The predicted octanol–water partition coefficient (Wildman–Crippen LogP) is 3.96. The van der Waals surface area contributed by atoms with E-state index in [2.05, 4.69) is 4.98 Å². The van der Waals surface area contributed by atoms with Crippen LogP contribution in [-0.2, 0) is 6.42 Å². The number of pyridine rings is 1. The average Bonchev–Trinajstić information content (AvgIpc) is 2.39. The second-order valence-corrected chi connectivity index (χ2v) is 5.41. The normalized spacial score (nSPS) is 18.2. The minimum atomic E-state index is 0.142. The number of aryl methyl sites for hydroxylation is 1. The summed E-state index contributed by atoms with van der Waals surface area (Å²) in [5.74, 6) is 0.319. The fraction of sp³-hybridized carbons (Fsp3) is 0.250. The number of fused-ring (bicyclic) bond motifs is 1. The predicted molar refractivity (Wildman–Crippen MR) is 75.8 cm³/mol. The third-order valence-corrected chi connectivity index (χ3v) is 4.08. The third-order valence-electron chi connectivity index (χ3n) is 3.73. The van der Waals surface area contributed by atoms with Gasteiger partial charge in [0.25, 0.3) is 0 Å². The lowest BCUT2D eigenvalue weighted by Crippen LogP contribution is -2.21. The van der Waals surface area contributed by atoms with E-state index in [1.807, 2.05) is 37.3 Å². The van der Waals surface area contributed by atoms with Gasteiger partial charge in [0, 0.05) is 23.2 Å². The molecule has 0 bridgehead atoms. The molecule has 19 heavy (non-hydrogen) atoms. The minimum absolute atomic E-state index is 0.142. The van der Waals surface area contributed by atoms with Crippen molar-refractivity contribution >= 4 is 17.4 Å². The number of aromatic nitrogens is 1. The van der Waals surface area contributed by atoms with E-state index in [4.69, 9.17) is 11.6 Å². The summed E-state index contributed by atoms with van der Waals surface area (Å²) in [5, 5.41) is 0.733. The molecule has 1 atom stereocenters. The lowest BCUT2D eigenvalue weighted by atomic mass is 9.80. The summed E-state index contributed by atoms with van der Waals surface area (Å²) in [6.07, 6.45) is 3.08.